The van der Waals surface area contributed by atoms with Crippen molar-refractivity contribution in [2.75, 3.05) is 13.2 Å². The fourth-order valence-electron chi connectivity index (χ4n) is 0.584. The van der Waals surface area contributed by atoms with Gasteiger partial charge in [-0.1, -0.05) is 57.4 Å². The molecule has 37 heavy (non-hydrogen) atoms. The summed E-state index contributed by atoms with van der Waals surface area (Å²) in [5.74, 6) is 1.23. The summed E-state index contributed by atoms with van der Waals surface area (Å²) in [6, 6.07) is 0. The van der Waals surface area contributed by atoms with Crippen LogP contribution in [0.5, 0.6) is 0 Å². The van der Waals surface area contributed by atoms with Crippen LogP contribution in [-0.4, -0.2) is 64.1 Å². The number of hydrogen-bond donors (Lipinski definition) is 5. The fourth-order valence-corrected chi connectivity index (χ4v) is 0.584. The summed E-state index contributed by atoms with van der Waals surface area (Å²) in [6.07, 6.45) is 1.83. The minimum absolute atomic E-state index is 0. The molecule has 0 atom stereocenters. The smallest absolute Gasteiger partial charge is 0.726 e. The molecule has 0 fully saturated rings. The molecule has 0 aliphatic rings. The summed E-state index contributed by atoms with van der Waals surface area (Å²) in [7, 11) is -9.58. The van der Waals surface area contributed by atoms with E-state index in [1.807, 2.05) is 0 Å². The van der Waals surface area contributed by atoms with Crippen molar-refractivity contribution in [3.63, 3.8) is 0 Å². The van der Waals surface area contributed by atoms with Crippen LogP contribution in [0, 0.1) is 31.8 Å². The van der Waals surface area contributed by atoms with Crippen molar-refractivity contribution in [1.29, 1.82) is 0 Å². The topological polar surface area (TPSA) is 345 Å². The van der Waals surface area contributed by atoms with Gasteiger partial charge >= 0.3 is 69.5 Å². The summed E-state index contributed by atoms with van der Waals surface area (Å²) in [5.41, 5.74) is 0. The maximum absolute atomic E-state index is 9.31. The number of hydrogen-bond acceptors (Lipinski definition) is 14. The van der Waals surface area contributed by atoms with Gasteiger partial charge in [-0.2, -0.15) is 8.42 Å². The molecule has 226 valence electrons. The first kappa shape index (κ1) is 83.3. The van der Waals surface area contributed by atoms with E-state index in [1.54, 1.807) is 0 Å². The largest absolute Gasteiger partial charge is 1.00 e. The second kappa shape index (κ2) is 65.2. The van der Waals surface area contributed by atoms with E-state index in [4.69, 9.17) is 60.4 Å². The first-order valence-corrected chi connectivity index (χ1v) is 9.99. The third-order valence-corrected chi connectivity index (χ3v) is 1.55. The van der Waals surface area contributed by atoms with E-state index in [1.165, 1.54) is 5.34 Å². The summed E-state index contributed by atoms with van der Waals surface area (Å²) >= 11 is 0. The van der Waals surface area contributed by atoms with E-state index in [2.05, 4.69) is 37.9 Å². The fraction of sp³-hybridized carbons (Fsp3) is 1.00. The zero-order valence-electron chi connectivity index (χ0n) is 19.0. The Morgan fingerprint density at radius 3 is 1.08 bits per heavy atom. The predicted molar refractivity (Wildman–Crippen MR) is 132 cm³/mol. The molecule has 0 radical (unpaired) electrons. The van der Waals surface area contributed by atoms with Crippen LogP contribution in [0.25, 0.3) is 0 Å². The Morgan fingerprint density at radius 2 is 1.00 bits per heavy atom. The van der Waals surface area contributed by atoms with Crippen LogP contribution in [0.2, 0.25) is 0 Å². The van der Waals surface area contributed by atoms with E-state index in [0.717, 1.165) is 18.2 Å². The van der Waals surface area contributed by atoms with Crippen molar-refractivity contribution in [2.45, 2.75) is 70.2 Å². The van der Waals surface area contributed by atoms with Crippen LogP contribution in [0.4, 0.5) is 0 Å². The van der Waals surface area contributed by atoms with Gasteiger partial charge < -0.3 is 35.3 Å². The first-order valence-electron chi connectivity index (χ1n) is 7.22. The molecule has 0 aliphatic heterocycles. The van der Waals surface area contributed by atoms with Crippen molar-refractivity contribution in [2.24, 2.45) is 27.9 Å². The third-order valence-electron chi connectivity index (χ3n) is 1.55. The quantitative estimate of drug-likeness (QED) is 0.0500. The predicted octanol–water partition coefficient (Wildman–Crippen LogP) is -2.77. The molecular weight excluding hydrogens is 576 g/mol. The zero-order chi connectivity index (χ0) is 25.8. The Morgan fingerprint density at radius 1 is 0.811 bits per heavy atom. The van der Waals surface area contributed by atoms with Gasteiger partial charge in [0.2, 0.25) is 10.4 Å². The Balaban J connectivity index is -0.0000000168. The molecule has 19 nitrogen and oxygen atoms in total. The van der Waals surface area contributed by atoms with Crippen LogP contribution >= 0.6 is 0 Å². The summed E-state index contributed by atoms with van der Waals surface area (Å²) in [4.78, 5) is 29.6. The van der Waals surface area contributed by atoms with E-state index in [9.17, 15) is 4.91 Å². The molecule has 0 aromatic heterocycles. The molecule has 0 aliphatic carbocycles. The van der Waals surface area contributed by atoms with Gasteiger partial charge in [-0.25, -0.2) is 8.42 Å². The van der Waals surface area contributed by atoms with E-state index in [0.29, 0.717) is 25.0 Å². The maximum Gasteiger partial charge on any atom is 1.00 e. The molecule has 7 N–H and O–H groups in total. The van der Waals surface area contributed by atoms with Crippen LogP contribution in [0.3, 0.4) is 0 Å². The number of aliphatic hydroxyl groups is 1. The molecule has 0 saturated heterocycles. The van der Waals surface area contributed by atoms with Gasteiger partial charge in [-0.15, -0.1) is 15.2 Å². The average Bonchev–Trinajstić information content (AvgIpc) is 2.45. The van der Waals surface area contributed by atoms with Crippen molar-refractivity contribution in [1.82, 2.24) is 0 Å². The normalized spacial score (nSPS) is 7.43. The third kappa shape index (κ3) is 665. The molecule has 0 aromatic rings. The van der Waals surface area contributed by atoms with Crippen molar-refractivity contribution >= 4 is 20.8 Å². The Kier molecular flexibility index (Phi) is 147. The maximum atomic E-state index is 9.31. The average molecular weight is 622 g/mol. The number of nitrogens with zero attached hydrogens (tertiary/aromatic N) is 3. The van der Waals surface area contributed by atoms with Crippen LogP contribution in [0.1, 0.15) is 70.2 Å². The van der Waals surface area contributed by atoms with Gasteiger partial charge in [0.15, 0.2) is 10.7 Å². The van der Waals surface area contributed by atoms with E-state index in [-0.39, 0.29) is 94.3 Å². The minimum atomic E-state index is -4.92. The molecule has 0 amide bonds. The van der Waals surface area contributed by atoms with Gasteiger partial charge in [-0.3, -0.25) is 13.7 Å². The minimum Gasteiger partial charge on any atom is -0.726 e. The van der Waals surface area contributed by atoms with Gasteiger partial charge in [-0.05, 0) is 24.7 Å². The van der Waals surface area contributed by atoms with Crippen molar-refractivity contribution < 1.29 is 115 Å². The summed E-state index contributed by atoms with van der Waals surface area (Å²) in [6.45, 7) is 9.09. The van der Waals surface area contributed by atoms with E-state index >= 15 is 0 Å². The summed E-state index contributed by atoms with van der Waals surface area (Å²) in [5, 5.41) is 27.4. The monoisotopic (exact) mass is 621 g/mol. The number of aliphatic hydroxyl groups excluding tert-OH is 1. The Hall–Kier alpha value is -0.140. The Labute approximate surface area is 265 Å². The standard InChI is InChI=1S/C5H11NO2.C5H12O.4CH4.2HNO2.2Na.2H2O4S.H2O/c1-5(2)3-4-8-6-7;1-5(2)3-4-6;;;;;2*2-1-3;;;2*1-5(2,3)4;/h5H,3-4H2,1-2H3;5-6H,3-4H2,1-2H3;4*1H4;2*(H,2,3);;;2*(H2,1,2,3,4);1H2/q;;;;;;;;2*+1;;;/p-2. The zero-order valence-corrected chi connectivity index (χ0v) is 24.6. The van der Waals surface area contributed by atoms with Gasteiger partial charge in [0.05, 0.1) is 0 Å². The van der Waals surface area contributed by atoms with E-state index < -0.39 is 20.8 Å². The molecule has 0 bridgehead atoms. The molecule has 0 heterocycles. The second-order valence-electron chi connectivity index (χ2n) is 5.03. The molecular formula is C14H45N3Na2O16S2. The molecule has 0 saturated carbocycles. The van der Waals surface area contributed by atoms with Crippen LogP contribution in [-0.2, 0) is 25.6 Å². The molecule has 0 aromatic carbocycles. The van der Waals surface area contributed by atoms with Gasteiger partial charge in [0.25, 0.3) is 0 Å². The van der Waals surface area contributed by atoms with Crippen molar-refractivity contribution in [3.05, 3.63) is 19.9 Å². The van der Waals surface area contributed by atoms with Crippen LogP contribution in [0.15, 0.2) is 16.0 Å². The summed E-state index contributed by atoms with van der Waals surface area (Å²) < 4.78 is 64.4. The first-order chi connectivity index (χ1) is 13.4. The molecule has 0 spiro atoms. The molecule has 0 unspecified atom stereocenters. The van der Waals surface area contributed by atoms with Gasteiger partial charge in [0.1, 0.15) is 6.61 Å². The molecule has 0 rings (SSSR count). The Bertz CT molecular complexity index is 517. The van der Waals surface area contributed by atoms with Crippen LogP contribution < -0.4 is 59.1 Å². The SMILES string of the molecule is C.C.C.C.CC(C)CCO.CC(C)CCON=O.O.O=NO.O=N[O-].O=S(=O)(O)O.O=S(=O)([O-])O.[Na+].[Na+]. The number of rotatable bonds is 6. The van der Waals surface area contributed by atoms with Gasteiger partial charge in [0, 0.05) is 6.61 Å². The van der Waals surface area contributed by atoms with Crippen molar-refractivity contribution in [3.8, 4) is 0 Å². The second-order valence-corrected chi connectivity index (χ2v) is 6.78. The molecule has 23 heteroatoms.